The number of nitrogens with zero attached hydrogens (tertiary/aromatic N) is 1. The second-order valence-electron chi connectivity index (χ2n) is 6.42. The van der Waals surface area contributed by atoms with Gasteiger partial charge in [-0.1, -0.05) is 18.5 Å². The first-order valence-electron chi connectivity index (χ1n) is 8.50. The third-order valence-electron chi connectivity index (χ3n) is 4.61. The van der Waals surface area contributed by atoms with Crippen molar-refractivity contribution in [3.05, 3.63) is 64.3 Å². The highest BCUT2D eigenvalue weighted by molar-refractivity contribution is 6.34. The fourth-order valence-corrected chi connectivity index (χ4v) is 3.40. The van der Waals surface area contributed by atoms with Crippen molar-refractivity contribution in [3.8, 4) is 0 Å². The van der Waals surface area contributed by atoms with Crippen LogP contribution in [0.15, 0.2) is 36.5 Å². The molecule has 1 amide bonds. The highest BCUT2D eigenvalue weighted by atomic mass is 35.5. The van der Waals surface area contributed by atoms with Crippen molar-refractivity contribution in [3.63, 3.8) is 0 Å². The van der Waals surface area contributed by atoms with Crippen molar-refractivity contribution >= 4 is 40.1 Å². The van der Waals surface area contributed by atoms with E-state index in [9.17, 15) is 23.5 Å². The molecule has 1 aromatic heterocycles. The van der Waals surface area contributed by atoms with Gasteiger partial charge in [-0.05, 0) is 36.8 Å². The van der Waals surface area contributed by atoms with Gasteiger partial charge < -0.3 is 15.0 Å². The average molecular weight is 407 g/mol. The second-order valence-corrected chi connectivity index (χ2v) is 6.83. The van der Waals surface area contributed by atoms with Crippen LogP contribution in [-0.2, 0) is 11.8 Å². The molecule has 0 aliphatic carbocycles. The number of carbonyl (C=O) groups is 2. The number of nitrogens with one attached hydrogen (secondary N) is 1. The molecule has 0 spiro atoms. The summed E-state index contributed by atoms with van der Waals surface area (Å²) in [4.78, 5) is 24.0. The molecule has 0 aliphatic heterocycles. The van der Waals surface area contributed by atoms with Gasteiger partial charge in [0.05, 0.1) is 27.7 Å². The van der Waals surface area contributed by atoms with E-state index in [4.69, 9.17) is 11.6 Å². The number of aliphatic carboxylic acids is 1. The topological polar surface area (TPSA) is 71.3 Å². The van der Waals surface area contributed by atoms with Gasteiger partial charge in [0.15, 0.2) is 0 Å². The van der Waals surface area contributed by atoms with Gasteiger partial charge in [-0.3, -0.25) is 9.59 Å². The quantitative estimate of drug-likeness (QED) is 0.630. The summed E-state index contributed by atoms with van der Waals surface area (Å²) >= 11 is 6.15. The van der Waals surface area contributed by atoms with E-state index in [1.807, 2.05) is 0 Å². The number of hydrogen-bond acceptors (Lipinski definition) is 2. The summed E-state index contributed by atoms with van der Waals surface area (Å²) in [6.45, 7) is 1.63. The molecule has 1 unspecified atom stereocenters. The zero-order valence-electron chi connectivity index (χ0n) is 15.1. The lowest BCUT2D eigenvalue weighted by Crippen LogP contribution is -2.15. The van der Waals surface area contributed by atoms with E-state index in [0.29, 0.717) is 10.9 Å². The molecule has 0 radical (unpaired) electrons. The molecule has 8 heteroatoms. The first-order valence-corrected chi connectivity index (χ1v) is 8.88. The monoisotopic (exact) mass is 406 g/mol. The van der Waals surface area contributed by atoms with Gasteiger partial charge in [0, 0.05) is 24.2 Å². The van der Waals surface area contributed by atoms with Crippen LogP contribution in [0.4, 0.5) is 14.5 Å². The van der Waals surface area contributed by atoms with E-state index in [1.165, 1.54) is 30.5 Å². The van der Waals surface area contributed by atoms with Crippen molar-refractivity contribution in [2.24, 2.45) is 7.05 Å². The lowest BCUT2D eigenvalue weighted by Gasteiger charge is -2.14. The van der Waals surface area contributed by atoms with Crippen molar-refractivity contribution in [1.82, 2.24) is 4.57 Å². The summed E-state index contributed by atoms with van der Waals surface area (Å²) in [5.41, 5.74) is 0.783. The van der Waals surface area contributed by atoms with E-state index in [2.05, 4.69) is 5.32 Å². The molecule has 3 rings (SSSR count). The van der Waals surface area contributed by atoms with Gasteiger partial charge in [-0.25, -0.2) is 8.78 Å². The molecule has 0 saturated heterocycles. The first-order chi connectivity index (χ1) is 13.2. The summed E-state index contributed by atoms with van der Waals surface area (Å²) in [6, 6.07) is 6.27. The van der Waals surface area contributed by atoms with E-state index in [-0.39, 0.29) is 28.3 Å². The van der Waals surface area contributed by atoms with Gasteiger partial charge >= 0.3 is 5.97 Å². The Bertz CT molecular complexity index is 1090. The van der Waals surface area contributed by atoms with Crippen LogP contribution in [0.25, 0.3) is 10.9 Å². The Labute approximate surface area is 164 Å². The molecule has 3 aromatic rings. The van der Waals surface area contributed by atoms with Crippen LogP contribution in [0.2, 0.25) is 5.02 Å². The fourth-order valence-electron chi connectivity index (χ4n) is 3.18. The van der Waals surface area contributed by atoms with Gasteiger partial charge in [0.1, 0.15) is 11.6 Å². The van der Waals surface area contributed by atoms with E-state index in [1.54, 1.807) is 18.5 Å². The number of amides is 1. The number of fused-ring (bicyclic) bond motifs is 1. The van der Waals surface area contributed by atoms with Crippen molar-refractivity contribution in [2.75, 3.05) is 5.32 Å². The zero-order chi connectivity index (χ0) is 20.6. The Balaban J connectivity index is 1.95. The van der Waals surface area contributed by atoms with Crippen LogP contribution >= 0.6 is 11.6 Å². The molecule has 2 aromatic carbocycles. The Morgan fingerprint density at radius 1 is 1.25 bits per heavy atom. The highest BCUT2D eigenvalue weighted by Gasteiger charge is 2.24. The molecule has 0 aliphatic rings. The molecule has 0 bridgehead atoms. The Hall–Kier alpha value is -2.93. The highest BCUT2D eigenvalue weighted by Crippen LogP contribution is 2.32. The third-order valence-corrected chi connectivity index (χ3v) is 4.93. The zero-order valence-corrected chi connectivity index (χ0v) is 15.8. The third kappa shape index (κ3) is 3.57. The lowest BCUT2D eigenvalue weighted by molar-refractivity contribution is -0.138. The minimum absolute atomic E-state index is 0.0206. The van der Waals surface area contributed by atoms with Gasteiger partial charge in [-0.15, -0.1) is 0 Å². The molecule has 0 saturated carbocycles. The number of carbonyl (C=O) groups excluding carboxylic acids is 1. The first kappa shape index (κ1) is 19.8. The number of aryl methyl sites for hydroxylation is 1. The van der Waals surface area contributed by atoms with Crippen LogP contribution in [0.5, 0.6) is 0 Å². The minimum Gasteiger partial charge on any atom is -0.481 e. The van der Waals surface area contributed by atoms with Gasteiger partial charge in [-0.2, -0.15) is 0 Å². The summed E-state index contributed by atoms with van der Waals surface area (Å²) < 4.78 is 29.5. The van der Waals surface area contributed by atoms with Crippen molar-refractivity contribution in [1.29, 1.82) is 0 Å². The standard InChI is InChI=1S/C20H17ClF2N2O3/c1-3-11(20(27)28)13-7-15(21)17(8-16(13)23)24-19(26)14-9-25(2)18-6-10(22)4-5-12(14)18/h4-9,11H,3H2,1-2H3,(H,24,26)(H,27,28). The Morgan fingerprint density at radius 2 is 1.96 bits per heavy atom. The Morgan fingerprint density at radius 3 is 2.61 bits per heavy atom. The number of aromatic nitrogens is 1. The van der Waals surface area contributed by atoms with Crippen LogP contribution in [0.3, 0.4) is 0 Å². The molecular weight excluding hydrogens is 390 g/mol. The predicted molar refractivity (Wildman–Crippen MR) is 103 cm³/mol. The largest absolute Gasteiger partial charge is 0.481 e. The number of rotatable bonds is 5. The summed E-state index contributed by atoms with van der Waals surface area (Å²) in [6.07, 6.45) is 1.73. The van der Waals surface area contributed by atoms with Crippen LogP contribution in [-0.4, -0.2) is 21.6 Å². The fraction of sp³-hybridized carbons (Fsp3) is 0.200. The lowest BCUT2D eigenvalue weighted by atomic mass is 9.96. The Kier molecular flexibility index (Phi) is 5.38. The maximum Gasteiger partial charge on any atom is 0.311 e. The number of benzene rings is 2. The number of carboxylic acids is 1. The normalized spacial score (nSPS) is 12.2. The molecule has 2 N–H and O–H groups in total. The van der Waals surface area contributed by atoms with E-state index >= 15 is 0 Å². The van der Waals surface area contributed by atoms with Crippen molar-refractivity contribution in [2.45, 2.75) is 19.3 Å². The van der Waals surface area contributed by atoms with Gasteiger partial charge in [0.25, 0.3) is 5.91 Å². The number of halogens is 3. The number of anilines is 1. The molecule has 28 heavy (non-hydrogen) atoms. The van der Waals surface area contributed by atoms with E-state index < -0.39 is 29.4 Å². The smallest absolute Gasteiger partial charge is 0.311 e. The second kappa shape index (κ2) is 7.59. The summed E-state index contributed by atoms with van der Waals surface area (Å²) in [5, 5.41) is 12.3. The molecule has 0 fully saturated rings. The molecule has 1 atom stereocenters. The SMILES string of the molecule is CCC(C(=O)O)c1cc(Cl)c(NC(=O)c2cn(C)c3cc(F)ccc23)cc1F. The maximum atomic E-state index is 14.5. The molecular formula is C20H17ClF2N2O3. The van der Waals surface area contributed by atoms with Gasteiger partial charge in [0.2, 0.25) is 0 Å². The minimum atomic E-state index is -1.16. The summed E-state index contributed by atoms with van der Waals surface area (Å²) in [5.74, 6) is -3.93. The van der Waals surface area contributed by atoms with E-state index in [0.717, 1.165) is 6.07 Å². The van der Waals surface area contributed by atoms with Crippen LogP contribution in [0.1, 0.15) is 35.2 Å². The molecule has 1 heterocycles. The average Bonchev–Trinajstić information content (AvgIpc) is 2.95. The molecule has 5 nitrogen and oxygen atoms in total. The number of hydrogen-bond donors (Lipinski definition) is 2. The van der Waals surface area contributed by atoms with Crippen LogP contribution < -0.4 is 5.32 Å². The predicted octanol–water partition coefficient (Wildman–Crippen LogP) is 4.94. The maximum absolute atomic E-state index is 14.5. The summed E-state index contributed by atoms with van der Waals surface area (Å²) in [7, 11) is 1.68. The molecule has 146 valence electrons. The van der Waals surface area contributed by atoms with Crippen molar-refractivity contribution < 1.29 is 23.5 Å². The number of carboxylic acid groups (broad SMARTS) is 1. The van der Waals surface area contributed by atoms with Crippen LogP contribution in [0, 0.1) is 11.6 Å².